The summed E-state index contributed by atoms with van der Waals surface area (Å²) >= 11 is 0. The largest absolute Gasteiger partial charge is 0.506 e. The summed E-state index contributed by atoms with van der Waals surface area (Å²) in [5.74, 6) is 0.770. The Kier molecular flexibility index (Phi) is 6.39. The van der Waals surface area contributed by atoms with Crippen LogP contribution in [0.15, 0.2) is 51.9 Å². The summed E-state index contributed by atoms with van der Waals surface area (Å²) in [6.45, 7) is 2.05. The zero-order valence-electron chi connectivity index (χ0n) is 18.6. The average Bonchev–Trinajstić information content (AvgIpc) is 3.32. The summed E-state index contributed by atoms with van der Waals surface area (Å²) < 4.78 is 16.8. The number of H-pyrrole nitrogens is 1. The van der Waals surface area contributed by atoms with E-state index in [9.17, 15) is 9.90 Å². The minimum atomic E-state index is -0.530. The predicted molar refractivity (Wildman–Crippen MR) is 122 cm³/mol. The molecule has 0 atom stereocenters. The predicted octanol–water partition coefficient (Wildman–Crippen LogP) is 4.22. The molecule has 0 saturated heterocycles. The first kappa shape index (κ1) is 22.1. The number of aryl methyl sites for hydroxylation is 1. The molecule has 4 rings (SSSR count). The van der Waals surface area contributed by atoms with E-state index in [1.54, 1.807) is 42.7 Å². The second-order valence-electron chi connectivity index (χ2n) is 7.33. The van der Waals surface area contributed by atoms with Gasteiger partial charge in [0.15, 0.2) is 0 Å². The first-order chi connectivity index (χ1) is 16.1. The molecule has 9 heteroatoms. The maximum absolute atomic E-state index is 13.0. The molecule has 3 aromatic heterocycles. The Bertz CT molecular complexity index is 1290. The van der Waals surface area contributed by atoms with Gasteiger partial charge < -0.3 is 24.0 Å². The number of methoxy groups -OCH3 is 2. The number of rotatable bonds is 8. The van der Waals surface area contributed by atoms with Crippen molar-refractivity contribution in [2.45, 2.75) is 26.2 Å². The van der Waals surface area contributed by atoms with E-state index in [-0.39, 0.29) is 23.1 Å². The monoisotopic (exact) mass is 448 g/mol. The van der Waals surface area contributed by atoms with Crippen LogP contribution in [0.25, 0.3) is 34.0 Å². The number of benzene rings is 1. The van der Waals surface area contributed by atoms with Gasteiger partial charge >= 0.3 is 0 Å². The molecule has 0 fully saturated rings. The molecule has 0 spiro atoms. The number of pyridine rings is 2. The van der Waals surface area contributed by atoms with Crippen molar-refractivity contribution in [1.29, 1.82) is 0 Å². The van der Waals surface area contributed by atoms with Crippen LogP contribution in [0.5, 0.6) is 17.2 Å². The number of nitrogens with one attached hydrogen (secondary N) is 1. The van der Waals surface area contributed by atoms with Crippen molar-refractivity contribution in [3.63, 3.8) is 0 Å². The molecule has 2 N–H and O–H groups in total. The fourth-order valence-corrected chi connectivity index (χ4v) is 3.67. The van der Waals surface area contributed by atoms with E-state index in [0.29, 0.717) is 40.3 Å². The maximum Gasteiger partial charge on any atom is 0.264 e. The molecule has 3 heterocycles. The van der Waals surface area contributed by atoms with Crippen LogP contribution in [0.4, 0.5) is 0 Å². The molecule has 0 radical (unpaired) electrons. The summed E-state index contributed by atoms with van der Waals surface area (Å²) in [6.07, 6.45) is 5.45. The highest BCUT2D eigenvalue weighted by Gasteiger charge is 2.27. The lowest BCUT2D eigenvalue weighted by Crippen LogP contribution is -2.14. The molecule has 4 aromatic rings. The van der Waals surface area contributed by atoms with Crippen LogP contribution in [0, 0.1) is 0 Å². The van der Waals surface area contributed by atoms with Crippen LogP contribution < -0.4 is 15.0 Å². The van der Waals surface area contributed by atoms with Crippen molar-refractivity contribution >= 4 is 0 Å². The highest BCUT2D eigenvalue weighted by molar-refractivity contribution is 5.87. The van der Waals surface area contributed by atoms with Gasteiger partial charge in [-0.1, -0.05) is 19.4 Å². The highest BCUT2D eigenvalue weighted by atomic mass is 16.5. The molecule has 0 aliphatic rings. The number of hydrogen-bond acceptors (Lipinski definition) is 8. The molecule has 0 unspecified atom stereocenters. The molecular weight excluding hydrogens is 424 g/mol. The van der Waals surface area contributed by atoms with Crippen molar-refractivity contribution in [3.8, 4) is 51.3 Å². The molecule has 0 bridgehead atoms. The average molecular weight is 448 g/mol. The van der Waals surface area contributed by atoms with Crippen LogP contribution >= 0.6 is 0 Å². The molecular formula is C24H24N4O5. The number of hydrogen-bond donors (Lipinski definition) is 2. The van der Waals surface area contributed by atoms with E-state index >= 15 is 0 Å². The third kappa shape index (κ3) is 4.17. The number of aromatic amines is 1. The Labute approximate surface area is 190 Å². The number of nitrogens with zero attached hydrogens (tertiary/aromatic N) is 3. The summed E-state index contributed by atoms with van der Waals surface area (Å²) in [4.78, 5) is 20.0. The number of unbranched alkanes of at least 4 members (excludes halogenated alkanes) is 1. The quantitative estimate of drug-likeness (QED) is 0.411. The zero-order chi connectivity index (χ0) is 23.4. The third-order valence-corrected chi connectivity index (χ3v) is 5.27. The van der Waals surface area contributed by atoms with E-state index in [1.807, 2.05) is 6.92 Å². The molecule has 0 aliphatic heterocycles. The first-order valence-electron chi connectivity index (χ1n) is 10.5. The Morgan fingerprint density at radius 2 is 1.73 bits per heavy atom. The fourth-order valence-electron chi connectivity index (χ4n) is 3.67. The lowest BCUT2D eigenvalue weighted by atomic mass is 9.96. The Balaban J connectivity index is 1.96. The minimum absolute atomic E-state index is 0.107. The van der Waals surface area contributed by atoms with Gasteiger partial charge in [-0.15, -0.1) is 10.2 Å². The summed E-state index contributed by atoms with van der Waals surface area (Å²) in [7, 11) is 3.07. The van der Waals surface area contributed by atoms with Gasteiger partial charge in [-0.3, -0.25) is 9.78 Å². The minimum Gasteiger partial charge on any atom is -0.506 e. The molecule has 1 aromatic carbocycles. The lowest BCUT2D eigenvalue weighted by molar-refractivity contribution is 0.396. The van der Waals surface area contributed by atoms with Gasteiger partial charge in [-0.2, -0.15) is 0 Å². The van der Waals surface area contributed by atoms with Gasteiger partial charge in [-0.25, -0.2) is 0 Å². The fraction of sp³-hybridized carbons (Fsp3) is 0.250. The van der Waals surface area contributed by atoms with Gasteiger partial charge in [0.2, 0.25) is 5.89 Å². The molecule has 9 nitrogen and oxygen atoms in total. The molecule has 170 valence electrons. The van der Waals surface area contributed by atoms with Crippen molar-refractivity contribution in [1.82, 2.24) is 20.2 Å². The van der Waals surface area contributed by atoms with Gasteiger partial charge in [0, 0.05) is 18.1 Å². The van der Waals surface area contributed by atoms with E-state index in [4.69, 9.17) is 13.9 Å². The third-order valence-electron chi connectivity index (χ3n) is 5.27. The second kappa shape index (κ2) is 9.56. The summed E-state index contributed by atoms with van der Waals surface area (Å²) in [5, 5.41) is 19.4. The van der Waals surface area contributed by atoms with Gasteiger partial charge in [-0.05, 0) is 37.1 Å². The lowest BCUT2D eigenvalue weighted by Gasteiger charge is -2.18. The summed E-state index contributed by atoms with van der Waals surface area (Å²) in [5.41, 5.74) is 1.43. The van der Waals surface area contributed by atoms with Crippen LogP contribution in [-0.2, 0) is 6.42 Å². The molecule has 0 amide bonds. The number of aromatic hydroxyl groups is 1. The molecule has 33 heavy (non-hydrogen) atoms. The number of aromatic nitrogens is 4. The molecule has 0 aliphatic carbocycles. The van der Waals surface area contributed by atoms with Crippen LogP contribution in [0.1, 0.15) is 25.5 Å². The van der Waals surface area contributed by atoms with Crippen LogP contribution in [0.3, 0.4) is 0 Å². The van der Waals surface area contributed by atoms with Gasteiger partial charge in [0.05, 0.1) is 30.9 Å². The SMILES string of the molecule is CCCCc1[nH]c(=O)c(-c2nnc(-c3cccnc3)o2)c(O)c1-c1c(OC)cccc1OC. The topological polar surface area (TPSA) is 123 Å². The Hall–Kier alpha value is -4.14. The second-order valence-corrected chi connectivity index (χ2v) is 7.33. The number of ether oxygens (including phenoxy) is 2. The van der Waals surface area contributed by atoms with Crippen molar-refractivity contribution in [2.24, 2.45) is 0 Å². The smallest absolute Gasteiger partial charge is 0.264 e. The van der Waals surface area contributed by atoms with E-state index in [1.165, 1.54) is 14.2 Å². The van der Waals surface area contributed by atoms with Crippen molar-refractivity contribution in [3.05, 3.63) is 58.8 Å². The maximum atomic E-state index is 13.0. The zero-order valence-corrected chi connectivity index (χ0v) is 18.6. The Morgan fingerprint density at radius 1 is 1.00 bits per heavy atom. The first-order valence-corrected chi connectivity index (χ1v) is 10.5. The van der Waals surface area contributed by atoms with Gasteiger partial charge in [0.25, 0.3) is 11.4 Å². The summed E-state index contributed by atoms with van der Waals surface area (Å²) in [6, 6.07) is 8.80. The van der Waals surface area contributed by atoms with E-state index in [2.05, 4.69) is 20.2 Å². The van der Waals surface area contributed by atoms with Crippen LogP contribution in [0.2, 0.25) is 0 Å². The normalized spacial score (nSPS) is 10.9. The Morgan fingerprint density at radius 3 is 2.36 bits per heavy atom. The van der Waals surface area contributed by atoms with E-state index in [0.717, 1.165) is 12.8 Å². The van der Waals surface area contributed by atoms with Gasteiger partial charge in [0.1, 0.15) is 22.8 Å². The van der Waals surface area contributed by atoms with Crippen molar-refractivity contribution in [2.75, 3.05) is 14.2 Å². The van der Waals surface area contributed by atoms with E-state index < -0.39 is 5.56 Å². The van der Waals surface area contributed by atoms with Crippen LogP contribution in [-0.4, -0.2) is 39.5 Å². The van der Waals surface area contributed by atoms with Crippen molar-refractivity contribution < 1.29 is 19.0 Å². The molecule has 0 saturated carbocycles. The standard InChI is InChI=1S/C24H24N4O5/c1-4-5-9-15-18(19-16(31-2)10-6-11-17(19)32-3)21(29)20(22(30)26-15)24-28-27-23(33-24)14-8-7-12-25-13-14/h6-8,10-13H,4-5,9H2,1-3H3,(H2,26,29,30). The highest BCUT2D eigenvalue weighted by Crippen LogP contribution is 2.46.